The van der Waals surface area contributed by atoms with Crippen LogP contribution < -0.4 is 5.32 Å². The van der Waals surface area contributed by atoms with Crippen molar-refractivity contribution in [1.82, 2.24) is 15.1 Å². The molecule has 1 aliphatic heterocycles. The van der Waals surface area contributed by atoms with E-state index in [2.05, 4.69) is 73.1 Å². The molecule has 0 bridgehead atoms. The van der Waals surface area contributed by atoms with Crippen molar-refractivity contribution in [1.29, 1.82) is 0 Å². The predicted octanol–water partition coefficient (Wildman–Crippen LogP) is 3.18. The summed E-state index contributed by atoms with van der Waals surface area (Å²) in [6.07, 6.45) is 3.03. The van der Waals surface area contributed by atoms with Crippen molar-refractivity contribution in [2.45, 2.75) is 46.6 Å². The number of hydrogen-bond donors (Lipinski definition) is 1. The largest absolute Gasteiger partial charge is 0.357 e. The summed E-state index contributed by atoms with van der Waals surface area (Å²) in [5, 5.41) is 3.43. The van der Waals surface area contributed by atoms with Crippen LogP contribution in [0.1, 0.15) is 52.1 Å². The minimum atomic E-state index is -2.95. The van der Waals surface area contributed by atoms with Crippen molar-refractivity contribution < 1.29 is 8.42 Å². The Balaban J connectivity index is 1.98. The number of piperazine rings is 1. The quantitative estimate of drug-likeness (QED) is 0.476. The second-order valence-electron chi connectivity index (χ2n) is 9.07. The first-order chi connectivity index (χ1) is 14.1. The number of sulfone groups is 1. The topological polar surface area (TPSA) is 65.0 Å². The molecule has 1 aliphatic rings. The summed E-state index contributed by atoms with van der Waals surface area (Å²) in [6.45, 7) is 13.9. The van der Waals surface area contributed by atoms with Gasteiger partial charge in [-0.15, -0.1) is 0 Å². The third-order valence-electron chi connectivity index (χ3n) is 5.77. The fraction of sp³-hybridized carbons (Fsp3) is 0.696. The lowest BCUT2D eigenvalue weighted by Crippen LogP contribution is -2.53. The van der Waals surface area contributed by atoms with Gasteiger partial charge in [0.15, 0.2) is 5.96 Å². The van der Waals surface area contributed by atoms with Crippen LogP contribution in [0.2, 0.25) is 0 Å². The van der Waals surface area contributed by atoms with Crippen molar-refractivity contribution >= 4 is 15.8 Å². The average molecular weight is 437 g/mol. The summed E-state index contributed by atoms with van der Waals surface area (Å²) in [7, 11) is -2.95. The van der Waals surface area contributed by atoms with Gasteiger partial charge in [0, 0.05) is 51.6 Å². The summed E-state index contributed by atoms with van der Waals surface area (Å²) in [5.41, 5.74) is 1.24. The molecule has 0 aromatic heterocycles. The normalized spacial score (nSPS) is 17.8. The van der Waals surface area contributed by atoms with E-state index >= 15 is 0 Å². The average Bonchev–Trinajstić information content (AvgIpc) is 2.71. The molecule has 2 rings (SSSR count). The summed E-state index contributed by atoms with van der Waals surface area (Å²) in [6, 6.07) is 11.2. The number of guanidine groups is 1. The number of nitrogens with one attached hydrogen (secondary N) is 1. The first-order valence-corrected chi connectivity index (χ1v) is 13.2. The molecule has 1 saturated heterocycles. The van der Waals surface area contributed by atoms with Crippen LogP contribution in [0.3, 0.4) is 0 Å². The van der Waals surface area contributed by atoms with Crippen LogP contribution in [0, 0.1) is 5.41 Å². The van der Waals surface area contributed by atoms with Crippen LogP contribution in [-0.4, -0.2) is 75.5 Å². The van der Waals surface area contributed by atoms with Crippen LogP contribution in [0.15, 0.2) is 35.3 Å². The number of rotatable bonds is 9. The third kappa shape index (κ3) is 7.91. The van der Waals surface area contributed by atoms with Gasteiger partial charge in [0.2, 0.25) is 0 Å². The molecular weight excluding hydrogens is 396 g/mol. The Bertz CT molecular complexity index is 770. The standard InChI is InChI=1S/C23H40N4O2S/c1-6-21(20-11-9-8-10-12-20)26-14-16-27(17-15-26)22(24-7-2)25-19-23(3,4)13-18-30(5,28)29/h8-12,21H,6-7,13-19H2,1-5H3,(H,24,25). The van der Waals surface area contributed by atoms with E-state index < -0.39 is 9.84 Å². The molecule has 0 amide bonds. The maximum Gasteiger partial charge on any atom is 0.194 e. The van der Waals surface area contributed by atoms with E-state index in [4.69, 9.17) is 4.99 Å². The Kier molecular flexibility index (Phi) is 9.16. The Labute approximate surface area is 183 Å². The van der Waals surface area contributed by atoms with Gasteiger partial charge in [-0.1, -0.05) is 51.1 Å². The summed E-state index contributed by atoms with van der Waals surface area (Å²) >= 11 is 0. The van der Waals surface area contributed by atoms with Gasteiger partial charge in [-0.2, -0.15) is 0 Å². The number of aliphatic imine (C=N–C) groups is 1. The molecule has 0 saturated carbocycles. The van der Waals surface area contributed by atoms with Crippen molar-refractivity contribution in [2.75, 3.05) is 51.3 Å². The zero-order valence-corrected chi connectivity index (χ0v) is 20.2. The zero-order chi connectivity index (χ0) is 22.2. The summed E-state index contributed by atoms with van der Waals surface area (Å²) < 4.78 is 23.0. The van der Waals surface area contributed by atoms with E-state index in [0.29, 0.717) is 19.0 Å². The smallest absolute Gasteiger partial charge is 0.194 e. The fourth-order valence-electron chi connectivity index (χ4n) is 3.88. The lowest BCUT2D eigenvalue weighted by atomic mass is 9.90. The highest BCUT2D eigenvalue weighted by atomic mass is 32.2. The van der Waals surface area contributed by atoms with E-state index in [1.165, 1.54) is 11.8 Å². The SMILES string of the molecule is CCNC(=NCC(C)(C)CCS(C)(=O)=O)N1CCN(C(CC)c2ccccc2)CC1. The number of hydrogen-bond acceptors (Lipinski definition) is 4. The number of nitrogens with zero attached hydrogens (tertiary/aromatic N) is 3. The zero-order valence-electron chi connectivity index (χ0n) is 19.4. The molecule has 1 heterocycles. The minimum absolute atomic E-state index is 0.147. The third-order valence-corrected chi connectivity index (χ3v) is 6.71. The first kappa shape index (κ1) is 24.7. The summed E-state index contributed by atoms with van der Waals surface area (Å²) in [5.74, 6) is 1.15. The summed E-state index contributed by atoms with van der Waals surface area (Å²) in [4.78, 5) is 9.79. The van der Waals surface area contributed by atoms with Crippen LogP contribution in [0.5, 0.6) is 0 Å². The molecule has 0 radical (unpaired) electrons. The van der Waals surface area contributed by atoms with Gasteiger partial charge >= 0.3 is 0 Å². The van der Waals surface area contributed by atoms with Gasteiger partial charge in [0.05, 0.1) is 5.75 Å². The lowest BCUT2D eigenvalue weighted by Gasteiger charge is -2.40. The van der Waals surface area contributed by atoms with E-state index in [1.807, 2.05) is 0 Å². The lowest BCUT2D eigenvalue weighted by molar-refractivity contribution is 0.126. The van der Waals surface area contributed by atoms with Crippen LogP contribution in [-0.2, 0) is 9.84 Å². The Morgan fingerprint density at radius 1 is 1.13 bits per heavy atom. The molecule has 0 spiro atoms. The Hall–Kier alpha value is -1.60. The Morgan fingerprint density at radius 3 is 2.30 bits per heavy atom. The van der Waals surface area contributed by atoms with Crippen molar-refractivity contribution in [2.24, 2.45) is 10.4 Å². The molecule has 7 heteroatoms. The highest BCUT2D eigenvalue weighted by molar-refractivity contribution is 7.90. The molecule has 1 N–H and O–H groups in total. The van der Waals surface area contributed by atoms with Crippen LogP contribution in [0.25, 0.3) is 0 Å². The second-order valence-corrected chi connectivity index (χ2v) is 11.3. The molecule has 1 atom stereocenters. The van der Waals surface area contributed by atoms with Gasteiger partial charge in [-0.25, -0.2) is 8.42 Å². The van der Waals surface area contributed by atoms with Gasteiger partial charge in [-0.05, 0) is 30.7 Å². The van der Waals surface area contributed by atoms with E-state index in [9.17, 15) is 8.42 Å². The minimum Gasteiger partial charge on any atom is -0.357 e. The first-order valence-electron chi connectivity index (χ1n) is 11.1. The molecule has 30 heavy (non-hydrogen) atoms. The number of benzene rings is 1. The van der Waals surface area contributed by atoms with Gasteiger partial charge in [-0.3, -0.25) is 9.89 Å². The van der Waals surface area contributed by atoms with Gasteiger partial charge in [0.25, 0.3) is 0 Å². The van der Waals surface area contributed by atoms with Crippen molar-refractivity contribution in [3.63, 3.8) is 0 Å². The maximum absolute atomic E-state index is 11.5. The van der Waals surface area contributed by atoms with Crippen molar-refractivity contribution in [3.05, 3.63) is 35.9 Å². The van der Waals surface area contributed by atoms with Crippen LogP contribution >= 0.6 is 0 Å². The van der Waals surface area contributed by atoms with Gasteiger partial charge < -0.3 is 10.2 Å². The second kappa shape index (κ2) is 11.1. The molecule has 1 aromatic carbocycles. The molecule has 170 valence electrons. The molecule has 6 nitrogen and oxygen atoms in total. The molecule has 0 aliphatic carbocycles. The predicted molar refractivity (Wildman–Crippen MR) is 127 cm³/mol. The highest BCUT2D eigenvalue weighted by Gasteiger charge is 2.26. The highest BCUT2D eigenvalue weighted by Crippen LogP contribution is 2.25. The molecule has 1 aromatic rings. The van der Waals surface area contributed by atoms with E-state index in [-0.39, 0.29) is 11.2 Å². The maximum atomic E-state index is 11.5. The van der Waals surface area contributed by atoms with Crippen LogP contribution in [0.4, 0.5) is 0 Å². The molecular formula is C23H40N4O2S. The Morgan fingerprint density at radius 2 is 1.77 bits per heavy atom. The molecule has 1 fully saturated rings. The fourth-order valence-corrected chi connectivity index (χ4v) is 4.80. The van der Waals surface area contributed by atoms with Crippen molar-refractivity contribution in [3.8, 4) is 0 Å². The van der Waals surface area contributed by atoms with Gasteiger partial charge in [0.1, 0.15) is 9.84 Å². The van der Waals surface area contributed by atoms with E-state index in [0.717, 1.165) is 45.1 Å². The van der Waals surface area contributed by atoms with E-state index in [1.54, 1.807) is 0 Å². The molecule has 1 unspecified atom stereocenters. The monoisotopic (exact) mass is 436 g/mol.